The quantitative estimate of drug-likeness (QED) is 0.858. The fourth-order valence-electron chi connectivity index (χ4n) is 1.95. The molecule has 0 aliphatic heterocycles. The van der Waals surface area contributed by atoms with Crippen molar-refractivity contribution < 1.29 is 0 Å². The van der Waals surface area contributed by atoms with E-state index in [1.54, 1.807) is 0 Å². The molecule has 2 rings (SSSR count). The van der Waals surface area contributed by atoms with Gasteiger partial charge in [0.1, 0.15) is 11.6 Å². The summed E-state index contributed by atoms with van der Waals surface area (Å²) in [4.78, 5) is 9.39. The van der Waals surface area contributed by atoms with Crippen LogP contribution < -0.4 is 5.32 Å². The summed E-state index contributed by atoms with van der Waals surface area (Å²) in [5.74, 6) is 3.31. The highest BCUT2D eigenvalue weighted by Gasteiger charge is 2.29. The highest BCUT2D eigenvalue weighted by atomic mass is 79.9. The van der Waals surface area contributed by atoms with Gasteiger partial charge in [-0.05, 0) is 48.0 Å². The summed E-state index contributed by atoms with van der Waals surface area (Å²) in [6, 6.07) is 0. The summed E-state index contributed by atoms with van der Waals surface area (Å²) in [6.45, 7) is 7.47. The Morgan fingerprint density at radius 2 is 2.06 bits per heavy atom. The van der Waals surface area contributed by atoms with E-state index < -0.39 is 0 Å². The molecule has 1 aromatic heterocycles. The fraction of sp³-hybridized carbons (Fsp3) is 0.714. The summed E-state index contributed by atoms with van der Waals surface area (Å²) in [5.41, 5.74) is 1.21. The first-order valence-corrected chi connectivity index (χ1v) is 7.71. The number of nitrogens with one attached hydrogen (secondary N) is 1. The van der Waals surface area contributed by atoms with Crippen molar-refractivity contribution in [1.29, 1.82) is 0 Å². The Morgan fingerprint density at radius 3 is 2.61 bits per heavy atom. The van der Waals surface area contributed by atoms with E-state index in [0.717, 1.165) is 35.5 Å². The molecular formula is C14H22BrN3. The van der Waals surface area contributed by atoms with Gasteiger partial charge < -0.3 is 5.32 Å². The van der Waals surface area contributed by atoms with E-state index >= 15 is 0 Å². The third kappa shape index (κ3) is 3.44. The van der Waals surface area contributed by atoms with Crippen molar-refractivity contribution in [2.75, 3.05) is 11.9 Å². The molecule has 1 heterocycles. The summed E-state index contributed by atoms with van der Waals surface area (Å²) in [7, 11) is 0. The average Bonchev–Trinajstić information content (AvgIpc) is 3.14. The molecule has 0 atom stereocenters. The SMILES string of the molecule is CCNc1nc(CCC(C)C)nc(C2CC2)c1Br. The van der Waals surface area contributed by atoms with Crippen molar-refractivity contribution in [1.82, 2.24) is 9.97 Å². The fourth-order valence-corrected chi connectivity index (χ4v) is 2.60. The number of rotatable bonds is 6. The Hall–Kier alpha value is -0.640. The molecule has 0 aromatic carbocycles. The van der Waals surface area contributed by atoms with Gasteiger partial charge in [0.2, 0.25) is 0 Å². The minimum absolute atomic E-state index is 0.651. The van der Waals surface area contributed by atoms with Gasteiger partial charge in [-0.3, -0.25) is 0 Å². The van der Waals surface area contributed by atoms with E-state index in [1.165, 1.54) is 18.5 Å². The maximum absolute atomic E-state index is 4.75. The predicted octanol–water partition coefficient (Wildman–Crippen LogP) is 4.14. The average molecular weight is 312 g/mol. The van der Waals surface area contributed by atoms with Gasteiger partial charge >= 0.3 is 0 Å². The van der Waals surface area contributed by atoms with Crippen LogP contribution in [0, 0.1) is 5.92 Å². The zero-order valence-electron chi connectivity index (χ0n) is 11.5. The highest BCUT2D eigenvalue weighted by molar-refractivity contribution is 9.10. The third-order valence-corrected chi connectivity index (χ3v) is 3.96. The zero-order chi connectivity index (χ0) is 13.1. The Bertz CT molecular complexity index is 414. The Labute approximate surface area is 118 Å². The number of aryl methyl sites for hydroxylation is 1. The minimum Gasteiger partial charge on any atom is -0.369 e. The second-order valence-corrected chi connectivity index (χ2v) is 6.22. The molecule has 1 N–H and O–H groups in total. The van der Waals surface area contributed by atoms with Crippen LogP contribution in [-0.4, -0.2) is 16.5 Å². The number of halogens is 1. The highest BCUT2D eigenvalue weighted by Crippen LogP contribution is 2.43. The summed E-state index contributed by atoms with van der Waals surface area (Å²) in [6.07, 6.45) is 4.66. The number of anilines is 1. The lowest BCUT2D eigenvalue weighted by atomic mass is 10.1. The van der Waals surface area contributed by atoms with E-state index in [9.17, 15) is 0 Å². The first kappa shape index (κ1) is 13.8. The van der Waals surface area contributed by atoms with Gasteiger partial charge in [0, 0.05) is 18.9 Å². The number of aromatic nitrogens is 2. The van der Waals surface area contributed by atoms with Crippen molar-refractivity contribution in [2.24, 2.45) is 5.92 Å². The Balaban J connectivity index is 2.23. The van der Waals surface area contributed by atoms with Gasteiger partial charge in [-0.1, -0.05) is 13.8 Å². The van der Waals surface area contributed by atoms with Crippen LogP contribution in [0.4, 0.5) is 5.82 Å². The molecule has 18 heavy (non-hydrogen) atoms. The van der Waals surface area contributed by atoms with Crippen LogP contribution in [0.1, 0.15) is 57.5 Å². The second-order valence-electron chi connectivity index (χ2n) is 5.42. The number of hydrogen-bond donors (Lipinski definition) is 1. The van der Waals surface area contributed by atoms with Crippen molar-refractivity contribution in [3.63, 3.8) is 0 Å². The standard InChI is InChI=1S/C14H22BrN3/c1-4-16-14-12(15)13(10-6-7-10)17-11(18-14)8-5-9(2)3/h9-10H,4-8H2,1-3H3,(H,16,17,18). The molecule has 0 amide bonds. The van der Waals surface area contributed by atoms with Crippen molar-refractivity contribution in [3.05, 3.63) is 16.0 Å². The van der Waals surface area contributed by atoms with Crippen LogP contribution in [0.5, 0.6) is 0 Å². The number of hydrogen-bond acceptors (Lipinski definition) is 3. The zero-order valence-corrected chi connectivity index (χ0v) is 13.0. The van der Waals surface area contributed by atoms with Gasteiger partial charge in [-0.15, -0.1) is 0 Å². The van der Waals surface area contributed by atoms with Crippen LogP contribution in [-0.2, 0) is 6.42 Å². The molecule has 4 heteroatoms. The molecule has 1 saturated carbocycles. The normalized spacial score (nSPS) is 15.2. The van der Waals surface area contributed by atoms with Crippen molar-refractivity contribution >= 4 is 21.7 Å². The van der Waals surface area contributed by atoms with Gasteiger partial charge in [-0.25, -0.2) is 9.97 Å². The molecule has 1 aliphatic rings. The van der Waals surface area contributed by atoms with Crippen LogP contribution >= 0.6 is 15.9 Å². The first-order valence-electron chi connectivity index (χ1n) is 6.92. The van der Waals surface area contributed by atoms with Crippen molar-refractivity contribution in [2.45, 2.75) is 52.4 Å². The Morgan fingerprint density at radius 1 is 1.33 bits per heavy atom. The van der Waals surface area contributed by atoms with Crippen LogP contribution in [0.25, 0.3) is 0 Å². The lowest BCUT2D eigenvalue weighted by molar-refractivity contribution is 0.573. The van der Waals surface area contributed by atoms with E-state index in [0.29, 0.717) is 11.8 Å². The molecule has 1 fully saturated rings. The van der Waals surface area contributed by atoms with Gasteiger partial charge in [-0.2, -0.15) is 0 Å². The summed E-state index contributed by atoms with van der Waals surface area (Å²) < 4.78 is 1.07. The molecule has 1 aliphatic carbocycles. The van der Waals surface area contributed by atoms with Crippen LogP contribution in [0.2, 0.25) is 0 Å². The largest absolute Gasteiger partial charge is 0.369 e. The molecule has 0 bridgehead atoms. The lowest BCUT2D eigenvalue weighted by Gasteiger charge is -2.12. The lowest BCUT2D eigenvalue weighted by Crippen LogP contribution is -2.08. The molecule has 100 valence electrons. The van der Waals surface area contributed by atoms with Crippen LogP contribution in [0.15, 0.2) is 4.47 Å². The number of nitrogens with zero attached hydrogens (tertiary/aromatic N) is 2. The molecule has 1 aromatic rings. The molecule has 3 nitrogen and oxygen atoms in total. The van der Waals surface area contributed by atoms with Gasteiger partial charge in [0.15, 0.2) is 0 Å². The van der Waals surface area contributed by atoms with E-state index in [1.807, 2.05) is 0 Å². The minimum atomic E-state index is 0.651. The maximum atomic E-state index is 4.75. The second kappa shape index (κ2) is 6.00. The topological polar surface area (TPSA) is 37.8 Å². The molecule has 0 radical (unpaired) electrons. The third-order valence-electron chi connectivity index (χ3n) is 3.18. The van der Waals surface area contributed by atoms with Gasteiger partial charge in [0.05, 0.1) is 10.2 Å². The molecular weight excluding hydrogens is 290 g/mol. The summed E-state index contributed by atoms with van der Waals surface area (Å²) in [5, 5.41) is 3.33. The van der Waals surface area contributed by atoms with E-state index in [4.69, 9.17) is 4.98 Å². The van der Waals surface area contributed by atoms with E-state index in [2.05, 4.69) is 47.0 Å². The Kier molecular flexibility index (Phi) is 4.60. The predicted molar refractivity (Wildman–Crippen MR) is 79.0 cm³/mol. The molecule has 0 saturated heterocycles. The maximum Gasteiger partial charge on any atom is 0.144 e. The van der Waals surface area contributed by atoms with Crippen molar-refractivity contribution in [3.8, 4) is 0 Å². The molecule has 0 spiro atoms. The monoisotopic (exact) mass is 311 g/mol. The smallest absolute Gasteiger partial charge is 0.144 e. The van der Waals surface area contributed by atoms with Gasteiger partial charge in [0.25, 0.3) is 0 Å². The summed E-state index contributed by atoms with van der Waals surface area (Å²) >= 11 is 3.65. The molecule has 0 unspecified atom stereocenters. The van der Waals surface area contributed by atoms with Crippen LogP contribution in [0.3, 0.4) is 0 Å². The van der Waals surface area contributed by atoms with E-state index in [-0.39, 0.29) is 0 Å². The first-order chi connectivity index (χ1) is 8.61.